The number of rotatable bonds is 2. The third-order valence-corrected chi connectivity index (χ3v) is 2.58. The van der Waals surface area contributed by atoms with Gasteiger partial charge in [0.25, 0.3) is 0 Å². The third kappa shape index (κ3) is 1.14. The molecule has 1 saturated carbocycles. The Hall–Kier alpha value is -1.58. The van der Waals surface area contributed by atoms with Gasteiger partial charge in [-0.05, 0) is 18.9 Å². The molecule has 0 aliphatic heterocycles. The van der Waals surface area contributed by atoms with Gasteiger partial charge in [0.2, 0.25) is 0 Å². The van der Waals surface area contributed by atoms with E-state index in [2.05, 4.69) is 21.4 Å². The van der Waals surface area contributed by atoms with Crippen LogP contribution in [-0.2, 0) is 7.05 Å². The SMILES string of the molecule is Cn1ccc2c(NC3CC3)ncnc21. The lowest BCUT2D eigenvalue weighted by Crippen LogP contribution is -2.03. The molecule has 0 unspecified atom stereocenters. The van der Waals surface area contributed by atoms with E-state index in [1.165, 1.54) is 12.8 Å². The zero-order chi connectivity index (χ0) is 9.54. The van der Waals surface area contributed by atoms with E-state index < -0.39 is 0 Å². The molecular weight excluding hydrogens is 176 g/mol. The van der Waals surface area contributed by atoms with Gasteiger partial charge in [-0.2, -0.15) is 0 Å². The molecule has 0 spiro atoms. The van der Waals surface area contributed by atoms with Gasteiger partial charge in [-0.15, -0.1) is 0 Å². The van der Waals surface area contributed by atoms with Crippen LogP contribution < -0.4 is 5.32 Å². The van der Waals surface area contributed by atoms with Crippen molar-refractivity contribution in [3.05, 3.63) is 18.6 Å². The Morgan fingerprint density at radius 1 is 1.43 bits per heavy atom. The fraction of sp³-hybridized carbons (Fsp3) is 0.400. The first-order chi connectivity index (χ1) is 6.84. The van der Waals surface area contributed by atoms with Crippen molar-refractivity contribution in [3.63, 3.8) is 0 Å². The number of aryl methyl sites for hydroxylation is 1. The highest BCUT2D eigenvalue weighted by Gasteiger charge is 2.22. The van der Waals surface area contributed by atoms with Gasteiger partial charge in [0.05, 0.1) is 5.39 Å². The Kier molecular flexibility index (Phi) is 1.50. The Balaban J connectivity index is 2.12. The van der Waals surface area contributed by atoms with Gasteiger partial charge in [0.1, 0.15) is 17.8 Å². The van der Waals surface area contributed by atoms with Crippen LogP contribution in [0.5, 0.6) is 0 Å². The number of hydrogen-bond acceptors (Lipinski definition) is 3. The molecule has 1 N–H and O–H groups in total. The van der Waals surface area contributed by atoms with Crippen LogP contribution in [0.15, 0.2) is 18.6 Å². The monoisotopic (exact) mass is 188 g/mol. The molecule has 1 aliphatic carbocycles. The lowest BCUT2D eigenvalue weighted by Gasteiger charge is -2.04. The summed E-state index contributed by atoms with van der Waals surface area (Å²) in [6.07, 6.45) is 6.15. The van der Waals surface area contributed by atoms with Crippen LogP contribution in [0.2, 0.25) is 0 Å². The predicted molar refractivity (Wildman–Crippen MR) is 55.2 cm³/mol. The van der Waals surface area contributed by atoms with E-state index in [-0.39, 0.29) is 0 Å². The van der Waals surface area contributed by atoms with Crippen LogP contribution in [-0.4, -0.2) is 20.6 Å². The van der Waals surface area contributed by atoms with Gasteiger partial charge in [-0.1, -0.05) is 0 Å². The molecule has 4 nitrogen and oxygen atoms in total. The highest BCUT2D eigenvalue weighted by Crippen LogP contribution is 2.27. The largest absolute Gasteiger partial charge is 0.367 e. The fourth-order valence-corrected chi connectivity index (χ4v) is 1.61. The molecule has 14 heavy (non-hydrogen) atoms. The smallest absolute Gasteiger partial charge is 0.145 e. The Labute approximate surface area is 82.0 Å². The van der Waals surface area contributed by atoms with Gasteiger partial charge in [0.15, 0.2) is 0 Å². The van der Waals surface area contributed by atoms with Gasteiger partial charge in [0, 0.05) is 19.3 Å². The topological polar surface area (TPSA) is 42.7 Å². The number of anilines is 1. The van der Waals surface area contributed by atoms with Crippen LogP contribution in [0.4, 0.5) is 5.82 Å². The molecule has 3 rings (SSSR count). The van der Waals surface area contributed by atoms with Crippen molar-refractivity contribution in [1.29, 1.82) is 0 Å². The zero-order valence-corrected chi connectivity index (χ0v) is 8.07. The highest BCUT2D eigenvalue weighted by molar-refractivity contribution is 5.87. The number of hydrogen-bond donors (Lipinski definition) is 1. The first kappa shape index (κ1) is 7.79. The van der Waals surface area contributed by atoms with E-state index >= 15 is 0 Å². The summed E-state index contributed by atoms with van der Waals surface area (Å²) in [7, 11) is 2.00. The molecule has 0 saturated heterocycles. The van der Waals surface area contributed by atoms with E-state index in [4.69, 9.17) is 0 Å². The van der Waals surface area contributed by atoms with Gasteiger partial charge in [-0.3, -0.25) is 0 Å². The summed E-state index contributed by atoms with van der Waals surface area (Å²) in [5, 5.41) is 4.52. The van der Waals surface area contributed by atoms with Crippen LogP contribution in [0, 0.1) is 0 Å². The summed E-state index contributed by atoms with van der Waals surface area (Å²) >= 11 is 0. The second kappa shape index (κ2) is 2.70. The first-order valence-electron chi connectivity index (χ1n) is 4.87. The normalized spacial score (nSPS) is 16.1. The Bertz CT molecular complexity index is 470. The predicted octanol–water partition coefficient (Wildman–Crippen LogP) is 1.54. The van der Waals surface area contributed by atoms with Crippen molar-refractivity contribution >= 4 is 16.9 Å². The Morgan fingerprint density at radius 2 is 2.29 bits per heavy atom. The minimum Gasteiger partial charge on any atom is -0.367 e. The van der Waals surface area contributed by atoms with Crippen molar-refractivity contribution in [2.24, 2.45) is 7.05 Å². The molecular formula is C10H12N4. The summed E-state index contributed by atoms with van der Waals surface area (Å²) in [6, 6.07) is 2.69. The van der Waals surface area contributed by atoms with Crippen molar-refractivity contribution in [2.75, 3.05) is 5.32 Å². The quantitative estimate of drug-likeness (QED) is 0.777. The van der Waals surface area contributed by atoms with Crippen LogP contribution in [0.3, 0.4) is 0 Å². The number of aromatic nitrogens is 3. The molecule has 72 valence electrons. The molecule has 0 atom stereocenters. The van der Waals surface area contributed by atoms with Crippen molar-refractivity contribution < 1.29 is 0 Å². The maximum atomic E-state index is 4.26. The molecule has 2 heterocycles. The highest BCUT2D eigenvalue weighted by atomic mass is 15.1. The van der Waals surface area contributed by atoms with E-state index in [9.17, 15) is 0 Å². The fourth-order valence-electron chi connectivity index (χ4n) is 1.61. The first-order valence-corrected chi connectivity index (χ1v) is 4.87. The molecule has 1 aliphatic rings. The number of nitrogens with one attached hydrogen (secondary N) is 1. The maximum Gasteiger partial charge on any atom is 0.145 e. The maximum absolute atomic E-state index is 4.26. The Morgan fingerprint density at radius 3 is 3.07 bits per heavy atom. The van der Waals surface area contributed by atoms with E-state index in [0.29, 0.717) is 6.04 Å². The van der Waals surface area contributed by atoms with Crippen molar-refractivity contribution in [1.82, 2.24) is 14.5 Å². The summed E-state index contributed by atoms with van der Waals surface area (Å²) in [4.78, 5) is 8.51. The molecule has 1 fully saturated rings. The summed E-state index contributed by atoms with van der Waals surface area (Å²) in [5.41, 5.74) is 0.989. The van der Waals surface area contributed by atoms with Crippen LogP contribution in [0.1, 0.15) is 12.8 Å². The second-order valence-corrected chi connectivity index (χ2v) is 3.80. The van der Waals surface area contributed by atoms with E-state index in [0.717, 1.165) is 16.9 Å². The minimum atomic E-state index is 0.633. The summed E-state index contributed by atoms with van der Waals surface area (Å²) < 4.78 is 2.01. The third-order valence-electron chi connectivity index (χ3n) is 2.58. The summed E-state index contributed by atoms with van der Waals surface area (Å²) in [5.74, 6) is 0.970. The standard InChI is InChI=1S/C10H12N4/c1-14-5-4-8-9(13-7-2-3-7)11-6-12-10(8)14/h4-7H,2-3H2,1H3,(H,11,12,13). The van der Waals surface area contributed by atoms with Crippen molar-refractivity contribution in [3.8, 4) is 0 Å². The molecule has 2 aromatic heterocycles. The lowest BCUT2D eigenvalue weighted by atomic mass is 10.4. The lowest BCUT2D eigenvalue weighted by molar-refractivity contribution is 0.943. The van der Waals surface area contributed by atoms with Gasteiger partial charge >= 0.3 is 0 Å². The summed E-state index contributed by atoms with van der Waals surface area (Å²) in [6.45, 7) is 0. The van der Waals surface area contributed by atoms with E-state index in [1.807, 2.05) is 17.8 Å². The molecule has 0 radical (unpaired) electrons. The minimum absolute atomic E-state index is 0.633. The van der Waals surface area contributed by atoms with Crippen molar-refractivity contribution in [2.45, 2.75) is 18.9 Å². The van der Waals surface area contributed by atoms with Crippen LogP contribution >= 0.6 is 0 Å². The molecule has 0 amide bonds. The molecule has 0 bridgehead atoms. The zero-order valence-electron chi connectivity index (χ0n) is 8.07. The number of nitrogens with zero attached hydrogens (tertiary/aromatic N) is 3. The number of fused-ring (bicyclic) bond motifs is 1. The average molecular weight is 188 g/mol. The molecule has 2 aromatic rings. The van der Waals surface area contributed by atoms with Gasteiger partial charge in [-0.25, -0.2) is 9.97 Å². The molecule has 4 heteroatoms. The van der Waals surface area contributed by atoms with E-state index in [1.54, 1.807) is 6.33 Å². The van der Waals surface area contributed by atoms with Crippen LogP contribution in [0.25, 0.3) is 11.0 Å². The average Bonchev–Trinajstić information content (AvgIpc) is 2.92. The van der Waals surface area contributed by atoms with Gasteiger partial charge < -0.3 is 9.88 Å². The molecule has 0 aromatic carbocycles. The second-order valence-electron chi connectivity index (χ2n) is 3.80.